The van der Waals surface area contributed by atoms with Crippen LogP contribution in [-0.2, 0) is 6.42 Å². The fourth-order valence-electron chi connectivity index (χ4n) is 1.30. The third-order valence-electron chi connectivity index (χ3n) is 2.07. The number of H-pyrrole nitrogens is 1. The Morgan fingerprint density at radius 2 is 2.20 bits per heavy atom. The fraction of sp³-hybridized carbons (Fsp3) is 0.182. The van der Waals surface area contributed by atoms with Gasteiger partial charge in [-0.25, -0.2) is 4.98 Å². The zero-order chi connectivity index (χ0) is 10.5. The number of nitrogens with one attached hydrogen (secondary N) is 1. The Morgan fingerprint density at radius 3 is 2.93 bits per heavy atom. The number of anilines is 1. The van der Waals surface area contributed by atoms with Crippen molar-refractivity contribution in [1.29, 1.82) is 0 Å². The monoisotopic (exact) mass is 203 g/mol. The molecule has 0 fully saturated rings. The molecule has 2 aromatic rings. The summed E-state index contributed by atoms with van der Waals surface area (Å²) in [7, 11) is 0. The summed E-state index contributed by atoms with van der Waals surface area (Å²) in [6, 6.07) is 7.47. The predicted octanol–water partition coefficient (Wildman–Crippen LogP) is 1.61. The van der Waals surface area contributed by atoms with E-state index in [2.05, 4.69) is 9.97 Å². The van der Waals surface area contributed by atoms with Gasteiger partial charge in [-0.3, -0.25) is 0 Å². The Balaban J connectivity index is 1.86. The van der Waals surface area contributed by atoms with Crippen molar-refractivity contribution in [2.24, 2.45) is 0 Å². The van der Waals surface area contributed by atoms with E-state index in [0.29, 0.717) is 12.3 Å². The van der Waals surface area contributed by atoms with Crippen molar-refractivity contribution in [3.63, 3.8) is 0 Å². The van der Waals surface area contributed by atoms with E-state index in [1.165, 1.54) is 0 Å². The van der Waals surface area contributed by atoms with Gasteiger partial charge in [-0.05, 0) is 12.1 Å². The van der Waals surface area contributed by atoms with Crippen LogP contribution >= 0.6 is 0 Å². The number of hydrogen-bond donors (Lipinski definition) is 2. The smallest absolute Gasteiger partial charge is 0.142 e. The Labute approximate surface area is 88.1 Å². The number of para-hydroxylation sites is 2. The number of rotatable bonds is 4. The second-order valence-corrected chi connectivity index (χ2v) is 3.17. The van der Waals surface area contributed by atoms with Gasteiger partial charge in [-0.1, -0.05) is 12.1 Å². The lowest BCUT2D eigenvalue weighted by Gasteiger charge is -2.07. The Kier molecular flexibility index (Phi) is 2.88. The third kappa shape index (κ3) is 2.49. The summed E-state index contributed by atoms with van der Waals surface area (Å²) >= 11 is 0. The molecule has 0 amide bonds. The largest absolute Gasteiger partial charge is 0.491 e. The minimum atomic E-state index is 0.571. The minimum absolute atomic E-state index is 0.571. The lowest BCUT2D eigenvalue weighted by atomic mass is 10.3. The molecule has 0 bridgehead atoms. The van der Waals surface area contributed by atoms with Gasteiger partial charge in [0, 0.05) is 18.8 Å². The maximum atomic E-state index is 5.73. The highest BCUT2D eigenvalue weighted by Crippen LogP contribution is 2.19. The Morgan fingerprint density at radius 1 is 1.33 bits per heavy atom. The molecule has 78 valence electrons. The van der Waals surface area contributed by atoms with Gasteiger partial charge in [-0.2, -0.15) is 0 Å². The Bertz CT molecular complexity index is 412. The highest BCUT2D eigenvalue weighted by Gasteiger charge is 1.99. The number of imidazole rings is 1. The summed E-state index contributed by atoms with van der Waals surface area (Å²) < 4.78 is 5.53. The lowest BCUT2D eigenvalue weighted by molar-refractivity contribution is 0.321. The summed E-state index contributed by atoms with van der Waals surface area (Å²) in [5, 5.41) is 0. The molecule has 0 aliphatic heterocycles. The molecule has 0 saturated heterocycles. The molecule has 3 N–H and O–H groups in total. The quantitative estimate of drug-likeness (QED) is 0.742. The molecule has 2 rings (SSSR count). The molecule has 4 nitrogen and oxygen atoms in total. The average molecular weight is 203 g/mol. The minimum Gasteiger partial charge on any atom is -0.491 e. The summed E-state index contributed by atoms with van der Waals surface area (Å²) in [6.45, 7) is 0.571. The van der Waals surface area contributed by atoms with E-state index in [4.69, 9.17) is 10.5 Å². The fourth-order valence-corrected chi connectivity index (χ4v) is 1.30. The van der Waals surface area contributed by atoms with Crippen LogP contribution in [0.15, 0.2) is 36.7 Å². The normalized spacial score (nSPS) is 10.1. The molecule has 0 aliphatic carbocycles. The van der Waals surface area contributed by atoms with E-state index in [9.17, 15) is 0 Å². The first-order chi connectivity index (χ1) is 7.36. The molecule has 1 aromatic heterocycles. The topological polar surface area (TPSA) is 63.9 Å². The second kappa shape index (κ2) is 4.50. The molecular formula is C11H13N3O. The zero-order valence-corrected chi connectivity index (χ0v) is 8.31. The van der Waals surface area contributed by atoms with Crippen LogP contribution in [-0.4, -0.2) is 16.6 Å². The van der Waals surface area contributed by atoms with Gasteiger partial charge >= 0.3 is 0 Å². The first-order valence-corrected chi connectivity index (χ1v) is 4.82. The number of benzene rings is 1. The van der Waals surface area contributed by atoms with Crippen molar-refractivity contribution in [3.8, 4) is 5.75 Å². The molecule has 0 spiro atoms. The summed E-state index contributed by atoms with van der Waals surface area (Å²) in [5.74, 6) is 1.65. The molecule has 15 heavy (non-hydrogen) atoms. The van der Waals surface area contributed by atoms with E-state index < -0.39 is 0 Å². The number of aromatic nitrogens is 2. The van der Waals surface area contributed by atoms with Gasteiger partial charge in [0.2, 0.25) is 0 Å². The number of aromatic amines is 1. The number of hydrogen-bond acceptors (Lipinski definition) is 3. The zero-order valence-electron chi connectivity index (χ0n) is 8.31. The van der Waals surface area contributed by atoms with Gasteiger partial charge in [0.1, 0.15) is 11.6 Å². The first kappa shape index (κ1) is 9.58. The van der Waals surface area contributed by atoms with Crippen LogP contribution < -0.4 is 10.5 Å². The van der Waals surface area contributed by atoms with Gasteiger partial charge < -0.3 is 15.5 Å². The van der Waals surface area contributed by atoms with Crippen molar-refractivity contribution < 1.29 is 4.74 Å². The van der Waals surface area contributed by atoms with Crippen LogP contribution in [0.4, 0.5) is 5.69 Å². The summed E-state index contributed by atoms with van der Waals surface area (Å²) in [5.41, 5.74) is 6.40. The van der Waals surface area contributed by atoms with Crippen LogP contribution in [0.25, 0.3) is 0 Å². The number of nitrogens with zero attached hydrogens (tertiary/aromatic N) is 1. The molecule has 0 saturated carbocycles. The van der Waals surface area contributed by atoms with Crippen molar-refractivity contribution in [1.82, 2.24) is 9.97 Å². The van der Waals surface area contributed by atoms with E-state index in [1.54, 1.807) is 12.4 Å². The number of nitrogens with two attached hydrogens (primary N) is 1. The van der Waals surface area contributed by atoms with Crippen LogP contribution in [0.3, 0.4) is 0 Å². The molecule has 0 radical (unpaired) electrons. The number of ether oxygens (including phenoxy) is 1. The van der Waals surface area contributed by atoms with E-state index >= 15 is 0 Å². The average Bonchev–Trinajstić information content (AvgIpc) is 2.74. The maximum absolute atomic E-state index is 5.73. The Hall–Kier alpha value is -1.97. The van der Waals surface area contributed by atoms with Crippen molar-refractivity contribution in [2.75, 3.05) is 12.3 Å². The van der Waals surface area contributed by atoms with Gasteiger partial charge in [0.25, 0.3) is 0 Å². The standard InChI is InChI=1S/C11H13N3O/c12-9-3-1-2-4-10(9)15-8-5-11-13-6-7-14-11/h1-4,6-7H,5,8,12H2,(H,13,14). The lowest BCUT2D eigenvalue weighted by Crippen LogP contribution is -2.04. The molecule has 1 aromatic carbocycles. The summed E-state index contributed by atoms with van der Waals surface area (Å²) in [6.07, 6.45) is 4.28. The van der Waals surface area contributed by atoms with Gasteiger partial charge in [0.15, 0.2) is 0 Å². The molecule has 1 heterocycles. The SMILES string of the molecule is Nc1ccccc1OCCc1ncc[nH]1. The first-order valence-electron chi connectivity index (χ1n) is 4.82. The van der Waals surface area contributed by atoms with Crippen molar-refractivity contribution in [2.45, 2.75) is 6.42 Å². The van der Waals surface area contributed by atoms with E-state index in [1.807, 2.05) is 24.3 Å². The van der Waals surface area contributed by atoms with Crippen LogP contribution in [0.1, 0.15) is 5.82 Å². The molecule has 0 atom stereocenters. The highest BCUT2D eigenvalue weighted by molar-refractivity contribution is 5.51. The predicted molar refractivity (Wildman–Crippen MR) is 58.6 cm³/mol. The number of nitrogen functional groups attached to an aromatic ring is 1. The molecule has 0 aliphatic rings. The van der Waals surface area contributed by atoms with Crippen molar-refractivity contribution in [3.05, 3.63) is 42.5 Å². The van der Waals surface area contributed by atoms with Crippen LogP contribution in [0, 0.1) is 0 Å². The highest BCUT2D eigenvalue weighted by atomic mass is 16.5. The van der Waals surface area contributed by atoms with Crippen LogP contribution in [0.5, 0.6) is 5.75 Å². The van der Waals surface area contributed by atoms with Crippen LogP contribution in [0.2, 0.25) is 0 Å². The third-order valence-corrected chi connectivity index (χ3v) is 2.07. The van der Waals surface area contributed by atoms with Crippen molar-refractivity contribution >= 4 is 5.69 Å². The second-order valence-electron chi connectivity index (χ2n) is 3.17. The van der Waals surface area contributed by atoms with Gasteiger partial charge in [-0.15, -0.1) is 0 Å². The summed E-state index contributed by atoms with van der Waals surface area (Å²) in [4.78, 5) is 7.12. The maximum Gasteiger partial charge on any atom is 0.142 e. The molecule has 4 heteroatoms. The molecule has 0 unspecified atom stereocenters. The van der Waals surface area contributed by atoms with Gasteiger partial charge in [0.05, 0.1) is 12.3 Å². The molecular weight excluding hydrogens is 190 g/mol. The van der Waals surface area contributed by atoms with E-state index in [0.717, 1.165) is 18.0 Å². The van der Waals surface area contributed by atoms with E-state index in [-0.39, 0.29) is 0 Å².